The maximum absolute atomic E-state index is 10.1. The van der Waals surface area contributed by atoms with Crippen LogP contribution >= 0.6 is 0 Å². The Kier molecular flexibility index (Phi) is 34.5. The highest BCUT2D eigenvalue weighted by molar-refractivity contribution is 5.80. The average Bonchev–Trinajstić information content (AvgIpc) is 2.91. The Morgan fingerprint density at radius 1 is 0.511 bits per heavy atom. The minimum atomic E-state index is -1.29. The van der Waals surface area contributed by atoms with Crippen molar-refractivity contribution in [1.82, 2.24) is 0 Å². The van der Waals surface area contributed by atoms with E-state index in [1.165, 1.54) is 6.92 Å². The molecule has 0 saturated heterocycles. The van der Waals surface area contributed by atoms with Crippen LogP contribution in [0.15, 0.2) is 0 Å². The predicted octanol–water partition coefficient (Wildman–Crippen LogP) is -4.25. The molecule has 22 nitrogen and oxygen atoms in total. The fraction of sp³-hybridized carbons (Fsp3) is 0.652. The molecule has 5 atom stereocenters. The van der Waals surface area contributed by atoms with Gasteiger partial charge in [0, 0.05) is 12.8 Å². The van der Waals surface area contributed by atoms with Gasteiger partial charge in [0.25, 0.3) is 0 Å². The van der Waals surface area contributed by atoms with Crippen molar-refractivity contribution in [3.05, 3.63) is 0 Å². The molecular weight excluding hydrogens is 614 g/mol. The number of primary amides is 1. The second kappa shape index (κ2) is 31.0. The molecule has 0 aliphatic rings. The van der Waals surface area contributed by atoms with Crippen LogP contribution in [0.25, 0.3) is 0 Å². The summed E-state index contributed by atoms with van der Waals surface area (Å²) in [5.41, 5.74) is 34.9. The van der Waals surface area contributed by atoms with E-state index in [0.717, 1.165) is 12.8 Å². The molecular formula is C23H47N7O15. The van der Waals surface area contributed by atoms with Crippen molar-refractivity contribution in [2.45, 2.75) is 88.5 Å². The number of carboxylic acids is 7. The summed E-state index contributed by atoms with van der Waals surface area (Å²) in [6, 6.07) is -4.78. The number of carbonyl (C=O) groups excluding carboxylic acids is 1. The van der Waals surface area contributed by atoms with Gasteiger partial charge in [0.05, 0.1) is 6.42 Å². The molecule has 1 amide bonds. The maximum Gasteiger partial charge on any atom is 0.321 e. The Hall–Kier alpha value is -4.48. The second-order valence-electron chi connectivity index (χ2n) is 8.73. The van der Waals surface area contributed by atoms with Gasteiger partial charge in [0.15, 0.2) is 0 Å². The standard InChI is InChI=1S/C6H14N2O2.C5H10N2O3.C5H9NO4.C4H7NO4.C3H7NO2/c7-4-2-1-3-5(8)6(9)10;2*6-3(5(9)10)1-2-4(7)8;5-2(4(8)9)1-3(6)7;1-2(4)3(5)6/h5H,1-4,7-8H2,(H,9,10);3H,1-2,6H2,(H2,7,8)(H,9,10);3H,1-2,6H2,(H,7,8)(H,9,10);2H,1,5H2,(H,6,7)(H,8,9);2H,4H2,1H3,(H,5,6). The summed E-state index contributed by atoms with van der Waals surface area (Å²) in [5.74, 6) is -8.23. The van der Waals surface area contributed by atoms with Crippen molar-refractivity contribution in [1.29, 1.82) is 0 Å². The van der Waals surface area contributed by atoms with E-state index in [1.807, 2.05) is 0 Å². The molecule has 0 saturated carbocycles. The topological polar surface area (TPSA) is 460 Å². The maximum atomic E-state index is 10.1. The molecule has 0 aromatic heterocycles. The van der Waals surface area contributed by atoms with E-state index in [9.17, 15) is 38.4 Å². The molecule has 0 radical (unpaired) electrons. The highest BCUT2D eigenvalue weighted by Gasteiger charge is 2.15. The minimum Gasteiger partial charge on any atom is -0.481 e. The summed E-state index contributed by atoms with van der Waals surface area (Å²) >= 11 is 0. The smallest absolute Gasteiger partial charge is 0.321 e. The zero-order valence-corrected chi connectivity index (χ0v) is 24.7. The molecule has 45 heavy (non-hydrogen) atoms. The Labute approximate surface area is 257 Å². The summed E-state index contributed by atoms with van der Waals surface area (Å²) in [7, 11) is 0. The quantitative estimate of drug-likeness (QED) is 0.0656. The largest absolute Gasteiger partial charge is 0.481 e. The SMILES string of the molecule is CC(N)C(=O)O.NC(=O)CCC(N)C(=O)O.NC(CC(=O)O)C(=O)O.NC(CCC(=O)O)C(=O)O.NCCCCC(N)C(=O)O. The van der Waals surface area contributed by atoms with Gasteiger partial charge in [0.2, 0.25) is 5.91 Å². The number of nitrogens with two attached hydrogens (primary N) is 7. The summed E-state index contributed by atoms with van der Waals surface area (Å²) in [6.45, 7) is 2.02. The molecule has 0 bridgehead atoms. The monoisotopic (exact) mass is 661 g/mol. The summed E-state index contributed by atoms with van der Waals surface area (Å²) in [5, 5.41) is 56.7. The number of hydrogen-bond donors (Lipinski definition) is 14. The molecule has 264 valence electrons. The Bertz CT molecular complexity index is 885. The summed E-state index contributed by atoms with van der Waals surface area (Å²) < 4.78 is 0. The molecule has 0 heterocycles. The first-order valence-corrected chi connectivity index (χ1v) is 12.8. The van der Waals surface area contributed by atoms with E-state index in [2.05, 4.69) is 0 Å². The van der Waals surface area contributed by atoms with Gasteiger partial charge in [-0.2, -0.15) is 0 Å². The predicted molar refractivity (Wildman–Crippen MR) is 154 cm³/mol. The number of carbonyl (C=O) groups is 8. The molecule has 5 unspecified atom stereocenters. The fourth-order valence-electron chi connectivity index (χ4n) is 1.73. The zero-order valence-electron chi connectivity index (χ0n) is 24.7. The van der Waals surface area contributed by atoms with E-state index in [0.29, 0.717) is 13.0 Å². The Morgan fingerprint density at radius 3 is 1.07 bits per heavy atom. The second-order valence-corrected chi connectivity index (χ2v) is 8.73. The zero-order chi connectivity index (χ0) is 36.9. The van der Waals surface area contributed by atoms with Gasteiger partial charge in [-0.25, -0.2) is 0 Å². The fourth-order valence-corrected chi connectivity index (χ4v) is 1.73. The van der Waals surface area contributed by atoms with Crippen LogP contribution in [-0.4, -0.2) is 120 Å². The van der Waals surface area contributed by atoms with Crippen LogP contribution in [0.2, 0.25) is 0 Å². The third-order valence-corrected chi connectivity index (χ3v) is 4.39. The lowest BCUT2D eigenvalue weighted by molar-refractivity contribution is -0.144. The van der Waals surface area contributed by atoms with Crippen LogP contribution in [0, 0.1) is 0 Å². The Balaban J connectivity index is -0.000000150. The van der Waals surface area contributed by atoms with Gasteiger partial charge in [-0.1, -0.05) is 6.42 Å². The molecule has 0 aromatic rings. The third kappa shape index (κ3) is 46.7. The summed E-state index contributed by atoms with van der Waals surface area (Å²) in [6.07, 6.45) is 1.53. The first kappa shape index (κ1) is 50.2. The van der Waals surface area contributed by atoms with Crippen molar-refractivity contribution in [3.8, 4) is 0 Å². The molecule has 0 fully saturated rings. The lowest BCUT2D eigenvalue weighted by Gasteiger charge is -2.03. The molecule has 21 N–H and O–H groups in total. The van der Waals surface area contributed by atoms with Crippen LogP contribution in [-0.2, 0) is 38.4 Å². The van der Waals surface area contributed by atoms with Gasteiger partial charge in [-0.15, -0.1) is 0 Å². The van der Waals surface area contributed by atoms with E-state index >= 15 is 0 Å². The number of amides is 1. The highest BCUT2D eigenvalue weighted by atomic mass is 16.4. The molecule has 0 spiro atoms. The number of unbranched alkanes of at least 4 members (excludes halogenated alkanes) is 1. The van der Waals surface area contributed by atoms with Crippen molar-refractivity contribution in [3.63, 3.8) is 0 Å². The molecule has 0 aliphatic carbocycles. The van der Waals surface area contributed by atoms with Crippen LogP contribution in [0.4, 0.5) is 0 Å². The van der Waals surface area contributed by atoms with E-state index < -0.39 is 84.3 Å². The van der Waals surface area contributed by atoms with E-state index in [4.69, 9.17) is 75.9 Å². The van der Waals surface area contributed by atoms with Crippen LogP contribution < -0.4 is 40.1 Å². The van der Waals surface area contributed by atoms with Crippen molar-refractivity contribution >= 4 is 47.7 Å². The van der Waals surface area contributed by atoms with Gasteiger partial charge < -0.3 is 75.9 Å². The van der Waals surface area contributed by atoms with Gasteiger partial charge in [0.1, 0.15) is 30.2 Å². The van der Waals surface area contributed by atoms with Gasteiger partial charge >= 0.3 is 41.8 Å². The molecule has 0 aliphatic heterocycles. The number of aliphatic carboxylic acids is 7. The van der Waals surface area contributed by atoms with Crippen molar-refractivity contribution < 1.29 is 74.1 Å². The number of rotatable bonds is 17. The first-order valence-electron chi connectivity index (χ1n) is 12.8. The highest BCUT2D eigenvalue weighted by Crippen LogP contribution is 1.97. The van der Waals surface area contributed by atoms with Crippen LogP contribution in [0.1, 0.15) is 58.3 Å². The first-order chi connectivity index (χ1) is 20.4. The average molecular weight is 662 g/mol. The van der Waals surface area contributed by atoms with E-state index in [1.54, 1.807) is 0 Å². The minimum absolute atomic E-state index is 0.0213. The number of hydrogen-bond acceptors (Lipinski definition) is 14. The van der Waals surface area contributed by atoms with E-state index in [-0.39, 0.29) is 25.7 Å². The summed E-state index contributed by atoms with van der Waals surface area (Å²) in [4.78, 5) is 79.3. The normalized spacial score (nSPS) is 12.8. The van der Waals surface area contributed by atoms with Crippen LogP contribution in [0.5, 0.6) is 0 Å². The van der Waals surface area contributed by atoms with Crippen molar-refractivity contribution in [2.75, 3.05) is 6.54 Å². The lowest BCUT2D eigenvalue weighted by Crippen LogP contribution is -2.32. The van der Waals surface area contributed by atoms with Gasteiger partial charge in [-0.05, 0) is 39.2 Å². The molecule has 0 aromatic carbocycles. The van der Waals surface area contributed by atoms with Gasteiger partial charge in [-0.3, -0.25) is 38.4 Å². The van der Waals surface area contributed by atoms with Crippen molar-refractivity contribution in [2.24, 2.45) is 40.1 Å². The Morgan fingerprint density at radius 2 is 0.844 bits per heavy atom. The molecule has 22 heteroatoms. The third-order valence-electron chi connectivity index (χ3n) is 4.39. The molecule has 0 rings (SSSR count). The number of carboxylic acid groups (broad SMARTS) is 7. The lowest BCUT2D eigenvalue weighted by atomic mass is 10.1. The van der Waals surface area contributed by atoms with Crippen LogP contribution in [0.3, 0.4) is 0 Å².